The summed E-state index contributed by atoms with van der Waals surface area (Å²) < 4.78 is 7.19. The van der Waals surface area contributed by atoms with Crippen molar-refractivity contribution in [3.8, 4) is 0 Å². The number of ether oxygens (including phenoxy) is 1. The predicted octanol–water partition coefficient (Wildman–Crippen LogP) is 3.62. The lowest BCUT2D eigenvalue weighted by Crippen LogP contribution is -2.25. The fourth-order valence-electron chi connectivity index (χ4n) is 3.99. The fraction of sp³-hybridized carbons (Fsp3) is 0.333. The Labute approximate surface area is 163 Å². The molecule has 0 unspecified atom stereocenters. The second kappa shape index (κ2) is 7.33. The number of para-hydroxylation sites is 2. The zero-order valence-corrected chi connectivity index (χ0v) is 16.2. The molecule has 2 heterocycles. The topological polar surface area (TPSA) is 47.4 Å². The number of nitrogens with zero attached hydrogens (tertiary/aromatic N) is 3. The molecule has 27 heavy (non-hydrogen) atoms. The number of methoxy groups -OCH3 is 1. The summed E-state index contributed by atoms with van der Waals surface area (Å²) in [6, 6.07) is 15.9. The largest absolute Gasteiger partial charge is 0.469 e. The molecule has 0 bridgehead atoms. The summed E-state index contributed by atoms with van der Waals surface area (Å²) in [4.78, 5) is 19.4. The molecule has 2 atom stereocenters. The molecule has 2 aromatic carbocycles. The third-order valence-corrected chi connectivity index (χ3v) is 5.69. The van der Waals surface area contributed by atoms with E-state index in [0.29, 0.717) is 18.1 Å². The van der Waals surface area contributed by atoms with Crippen molar-refractivity contribution in [1.82, 2.24) is 14.5 Å². The van der Waals surface area contributed by atoms with Gasteiger partial charge in [0.1, 0.15) is 5.82 Å². The van der Waals surface area contributed by atoms with E-state index in [0.717, 1.165) is 29.0 Å². The standard InChI is InChI=1S/C21H22ClN3O2/c1-24-19-6-4-3-5-18(19)23-20(24)13-25-11-16(17(12-25)21(26)27-2)14-7-9-15(22)10-8-14/h3-10,16-17H,11-13H2,1-2H3/t16-,17+/m1/s1. The number of rotatable bonds is 4. The first-order chi connectivity index (χ1) is 13.1. The molecule has 0 radical (unpaired) electrons. The summed E-state index contributed by atoms with van der Waals surface area (Å²) in [6.07, 6.45) is 0. The van der Waals surface area contributed by atoms with Crippen molar-refractivity contribution in [1.29, 1.82) is 0 Å². The summed E-state index contributed by atoms with van der Waals surface area (Å²) >= 11 is 6.02. The second-order valence-electron chi connectivity index (χ2n) is 7.06. The highest BCUT2D eigenvalue weighted by Crippen LogP contribution is 2.35. The van der Waals surface area contributed by atoms with Crippen LogP contribution in [0.3, 0.4) is 0 Å². The van der Waals surface area contributed by atoms with E-state index in [9.17, 15) is 4.79 Å². The van der Waals surface area contributed by atoms with Crippen LogP contribution in [0.15, 0.2) is 48.5 Å². The molecule has 1 aromatic heterocycles. The number of aryl methyl sites for hydroxylation is 1. The number of imidazole rings is 1. The molecule has 0 saturated carbocycles. The monoisotopic (exact) mass is 383 g/mol. The zero-order chi connectivity index (χ0) is 19.0. The second-order valence-corrected chi connectivity index (χ2v) is 7.49. The van der Waals surface area contributed by atoms with Gasteiger partial charge in [0.15, 0.2) is 0 Å². The van der Waals surface area contributed by atoms with Crippen LogP contribution in [-0.4, -0.2) is 40.6 Å². The Bertz CT molecular complexity index is 967. The smallest absolute Gasteiger partial charge is 0.310 e. The summed E-state index contributed by atoms with van der Waals surface area (Å²) in [5.41, 5.74) is 3.22. The first kappa shape index (κ1) is 18.0. The van der Waals surface area contributed by atoms with E-state index in [-0.39, 0.29) is 17.8 Å². The SMILES string of the molecule is COC(=O)[C@H]1CN(Cc2nc3ccccc3n2C)C[C@@H]1c1ccc(Cl)cc1. The Kier molecular flexibility index (Phi) is 4.89. The highest BCUT2D eigenvalue weighted by atomic mass is 35.5. The highest BCUT2D eigenvalue weighted by Gasteiger charge is 2.39. The van der Waals surface area contributed by atoms with Gasteiger partial charge in [-0.15, -0.1) is 0 Å². The summed E-state index contributed by atoms with van der Waals surface area (Å²) in [7, 11) is 3.49. The number of halogens is 1. The molecule has 140 valence electrons. The summed E-state index contributed by atoms with van der Waals surface area (Å²) in [6.45, 7) is 2.14. The molecule has 1 aliphatic heterocycles. The maximum absolute atomic E-state index is 12.4. The number of hydrogen-bond acceptors (Lipinski definition) is 4. The molecular formula is C21H22ClN3O2. The normalized spacial score (nSPS) is 20.3. The maximum atomic E-state index is 12.4. The van der Waals surface area contributed by atoms with Gasteiger partial charge in [-0.3, -0.25) is 9.69 Å². The maximum Gasteiger partial charge on any atom is 0.310 e. The van der Waals surface area contributed by atoms with Crippen LogP contribution < -0.4 is 0 Å². The van der Waals surface area contributed by atoms with E-state index in [2.05, 4.69) is 15.5 Å². The number of carbonyl (C=O) groups is 1. The van der Waals surface area contributed by atoms with Gasteiger partial charge in [0.25, 0.3) is 0 Å². The van der Waals surface area contributed by atoms with Crippen LogP contribution in [0.4, 0.5) is 0 Å². The molecular weight excluding hydrogens is 362 g/mol. The first-order valence-corrected chi connectivity index (χ1v) is 9.40. The van der Waals surface area contributed by atoms with Gasteiger partial charge in [0.2, 0.25) is 0 Å². The number of likely N-dealkylation sites (tertiary alicyclic amines) is 1. The van der Waals surface area contributed by atoms with E-state index < -0.39 is 0 Å². The Morgan fingerprint density at radius 2 is 1.93 bits per heavy atom. The highest BCUT2D eigenvalue weighted by molar-refractivity contribution is 6.30. The Morgan fingerprint density at radius 1 is 1.19 bits per heavy atom. The van der Waals surface area contributed by atoms with Crippen molar-refractivity contribution in [2.75, 3.05) is 20.2 Å². The van der Waals surface area contributed by atoms with Crippen LogP contribution in [0.2, 0.25) is 5.02 Å². The molecule has 1 fully saturated rings. The molecule has 1 saturated heterocycles. The van der Waals surface area contributed by atoms with E-state index >= 15 is 0 Å². The van der Waals surface area contributed by atoms with Crippen LogP contribution in [0.5, 0.6) is 0 Å². The Morgan fingerprint density at radius 3 is 2.63 bits per heavy atom. The molecule has 0 amide bonds. The number of benzene rings is 2. The third kappa shape index (κ3) is 3.45. The minimum Gasteiger partial charge on any atom is -0.469 e. The molecule has 3 aromatic rings. The predicted molar refractivity (Wildman–Crippen MR) is 106 cm³/mol. The van der Waals surface area contributed by atoms with Crippen molar-refractivity contribution in [3.63, 3.8) is 0 Å². The van der Waals surface area contributed by atoms with Crippen LogP contribution >= 0.6 is 11.6 Å². The fourth-order valence-corrected chi connectivity index (χ4v) is 4.12. The molecule has 4 rings (SSSR count). The molecule has 0 spiro atoms. The van der Waals surface area contributed by atoms with Gasteiger partial charge in [-0.2, -0.15) is 0 Å². The Hall–Kier alpha value is -2.37. The number of aromatic nitrogens is 2. The van der Waals surface area contributed by atoms with E-state index in [1.54, 1.807) is 0 Å². The van der Waals surface area contributed by atoms with Gasteiger partial charge in [-0.25, -0.2) is 4.98 Å². The van der Waals surface area contributed by atoms with E-state index in [4.69, 9.17) is 21.3 Å². The summed E-state index contributed by atoms with van der Waals surface area (Å²) in [5.74, 6) is 0.731. The third-order valence-electron chi connectivity index (χ3n) is 5.44. The van der Waals surface area contributed by atoms with Crippen molar-refractivity contribution in [2.24, 2.45) is 13.0 Å². The van der Waals surface area contributed by atoms with Crippen molar-refractivity contribution in [2.45, 2.75) is 12.5 Å². The lowest BCUT2D eigenvalue weighted by molar-refractivity contribution is -0.145. The average molecular weight is 384 g/mol. The van der Waals surface area contributed by atoms with E-state index in [1.165, 1.54) is 7.11 Å². The van der Waals surface area contributed by atoms with Crippen molar-refractivity contribution < 1.29 is 9.53 Å². The molecule has 5 nitrogen and oxygen atoms in total. The van der Waals surface area contributed by atoms with Crippen molar-refractivity contribution in [3.05, 3.63) is 64.9 Å². The molecule has 0 aliphatic carbocycles. The minimum absolute atomic E-state index is 0.0874. The first-order valence-electron chi connectivity index (χ1n) is 9.03. The number of fused-ring (bicyclic) bond motifs is 1. The minimum atomic E-state index is -0.189. The zero-order valence-electron chi connectivity index (χ0n) is 15.4. The number of carbonyl (C=O) groups excluding carboxylic acids is 1. The van der Waals surface area contributed by atoms with Gasteiger partial charge >= 0.3 is 5.97 Å². The van der Waals surface area contributed by atoms with Gasteiger partial charge in [-0.05, 0) is 29.8 Å². The Balaban J connectivity index is 1.59. The molecule has 6 heteroatoms. The average Bonchev–Trinajstić information content (AvgIpc) is 3.24. The van der Waals surface area contributed by atoms with Crippen LogP contribution in [0.1, 0.15) is 17.3 Å². The quantitative estimate of drug-likeness (QED) is 0.646. The molecule has 0 N–H and O–H groups in total. The van der Waals surface area contributed by atoms with Crippen LogP contribution in [-0.2, 0) is 23.1 Å². The van der Waals surface area contributed by atoms with Gasteiger partial charge in [0.05, 0.1) is 30.6 Å². The van der Waals surface area contributed by atoms with E-state index in [1.807, 2.05) is 49.5 Å². The van der Waals surface area contributed by atoms with Crippen LogP contribution in [0, 0.1) is 5.92 Å². The van der Waals surface area contributed by atoms with Gasteiger partial charge < -0.3 is 9.30 Å². The number of hydrogen-bond donors (Lipinski definition) is 0. The lowest BCUT2D eigenvalue weighted by Gasteiger charge is -2.16. The summed E-state index contributed by atoms with van der Waals surface area (Å²) in [5, 5.41) is 0.697. The van der Waals surface area contributed by atoms with Gasteiger partial charge in [-0.1, -0.05) is 35.9 Å². The van der Waals surface area contributed by atoms with Crippen molar-refractivity contribution >= 4 is 28.6 Å². The van der Waals surface area contributed by atoms with Gasteiger partial charge in [0, 0.05) is 31.1 Å². The van der Waals surface area contributed by atoms with Crippen LogP contribution in [0.25, 0.3) is 11.0 Å². The number of esters is 1. The lowest BCUT2D eigenvalue weighted by atomic mass is 9.89. The molecule has 1 aliphatic rings.